The molecule has 4 nitrogen and oxygen atoms in total. The molecule has 0 atom stereocenters. The fourth-order valence-corrected chi connectivity index (χ4v) is 2.02. The third-order valence-electron chi connectivity index (χ3n) is 1.91. The Hall–Kier alpha value is -1.20. The fourth-order valence-electron chi connectivity index (χ4n) is 1.24. The Balaban J connectivity index is 2.10. The maximum absolute atomic E-state index is 5.50. The van der Waals surface area contributed by atoms with Gasteiger partial charge in [0.1, 0.15) is 0 Å². The lowest BCUT2D eigenvalue weighted by Gasteiger charge is -1.95. The van der Waals surface area contributed by atoms with Gasteiger partial charge in [-0.05, 0) is 6.92 Å². The topological polar surface area (TPSA) is 56.7 Å². The van der Waals surface area contributed by atoms with Crippen molar-refractivity contribution in [2.24, 2.45) is 5.73 Å². The molecule has 0 aliphatic carbocycles. The molecule has 74 valence electrons. The molecular formula is C9H12N4S. The first kappa shape index (κ1) is 9.36. The summed E-state index contributed by atoms with van der Waals surface area (Å²) in [5.41, 5.74) is 6.56. The quantitative estimate of drug-likeness (QED) is 0.823. The summed E-state index contributed by atoms with van der Waals surface area (Å²) < 4.78 is 1.88. The average Bonchev–Trinajstić information content (AvgIpc) is 2.76. The Morgan fingerprint density at radius 2 is 2.36 bits per heavy atom. The van der Waals surface area contributed by atoms with Crippen LogP contribution in [0.2, 0.25) is 0 Å². The molecule has 0 spiro atoms. The van der Waals surface area contributed by atoms with Crippen LogP contribution in [0.3, 0.4) is 0 Å². The Kier molecular flexibility index (Phi) is 2.60. The van der Waals surface area contributed by atoms with Gasteiger partial charge in [-0.15, -0.1) is 11.3 Å². The number of nitrogens with zero attached hydrogens (tertiary/aromatic N) is 3. The lowest BCUT2D eigenvalue weighted by molar-refractivity contribution is 0.693. The molecule has 0 fully saturated rings. The van der Waals surface area contributed by atoms with E-state index in [2.05, 4.69) is 10.1 Å². The van der Waals surface area contributed by atoms with Gasteiger partial charge in [0.05, 0.1) is 17.7 Å². The summed E-state index contributed by atoms with van der Waals surface area (Å²) in [6.07, 6.45) is 5.66. The van der Waals surface area contributed by atoms with E-state index in [4.69, 9.17) is 5.73 Å². The molecule has 2 heterocycles. The zero-order chi connectivity index (χ0) is 9.97. The summed E-state index contributed by atoms with van der Waals surface area (Å²) in [5, 5.41) is 5.30. The van der Waals surface area contributed by atoms with Crippen LogP contribution in [0, 0.1) is 6.92 Å². The minimum absolute atomic E-state index is 0.543. The van der Waals surface area contributed by atoms with E-state index in [9.17, 15) is 0 Å². The molecule has 0 radical (unpaired) electrons. The van der Waals surface area contributed by atoms with Crippen LogP contribution in [0.1, 0.15) is 15.4 Å². The van der Waals surface area contributed by atoms with E-state index in [1.807, 2.05) is 24.0 Å². The second-order valence-corrected chi connectivity index (χ2v) is 4.42. The van der Waals surface area contributed by atoms with Crippen molar-refractivity contribution in [3.05, 3.63) is 34.0 Å². The molecule has 0 aliphatic heterocycles. The minimum atomic E-state index is 0.543. The largest absolute Gasteiger partial charge is 0.326 e. The minimum Gasteiger partial charge on any atom is -0.326 e. The number of thiazole rings is 1. The first-order valence-corrected chi connectivity index (χ1v) is 5.22. The van der Waals surface area contributed by atoms with Gasteiger partial charge < -0.3 is 5.73 Å². The highest BCUT2D eigenvalue weighted by Crippen LogP contribution is 2.12. The Bertz CT molecular complexity index is 418. The predicted octanol–water partition coefficient (Wildman–Crippen LogP) is 1.16. The zero-order valence-corrected chi connectivity index (χ0v) is 8.79. The molecule has 0 saturated heterocycles. The van der Waals surface area contributed by atoms with Gasteiger partial charge in [-0.3, -0.25) is 4.68 Å². The fraction of sp³-hybridized carbons (Fsp3) is 0.333. The van der Waals surface area contributed by atoms with Crippen LogP contribution in [-0.4, -0.2) is 14.8 Å². The van der Waals surface area contributed by atoms with Crippen LogP contribution in [0.15, 0.2) is 18.6 Å². The number of hydrogen-bond acceptors (Lipinski definition) is 4. The van der Waals surface area contributed by atoms with Crippen LogP contribution < -0.4 is 5.73 Å². The van der Waals surface area contributed by atoms with Gasteiger partial charge in [-0.25, -0.2) is 4.98 Å². The first-order valence-electron chi connectivity index (χ1n) is 4.40. The molecule has 2 rings (SSSR count). The van der Waals surface area contributed by atoms with Crippen molar-refractivity contribution in [3.8, 4) is 0 Å². The average molecular weight is 208 g/mol. The van der Waals surface area contributed by atoms with Crippen LogP contribution >= 0.6 is 11.3 Å². The van der Waals surface area contributed by atoms with Gasteiger partial charge in [0.25, 0.3) is 0 Å². The summed E-state index contributed by atoms with van der Waals surface area (Å²) in [7, 11) is 0. The smallest absolute Gasteiger partial charge is 0.0897 e. The summed E-state index contributed by atoms with van der Waals surface area (Å²) in [4.78, 5) is 5.41. The Morgan fingerprint density at radius 3 is 2.93 bits per heavy atom. The molecule has 0 aliphatic rings. The molecule has 2 N–H and O–H groups in total. The molecule has 0 unspecified atom stereocenters. The van der Waals surface area contributed by atoms with E-state index in [1.54, 1.807) is 17.5 Å². The highest BCUT2D eigenvalue weighted by Gasteiger charge is 2.01. The third kappa shape index (κ3) is 2.00. The zero-order valence-electron chi connectivity index (χ0n) is 7.97. The van der Waals surface area contributed by atoms with E-state index in [0.29, 0.717) is 6.54 Å². The van der Waals surface area contributed by atoms with Crippen molar-refractivity contribution in [2.75, 3.05) is 0 Å². The van der Waals surface area contributed by atoms with Gasteiger partial charge in [-0.1, -0.05) is 0 Å². The van der Waals surface area contributed by atoms with Crippen LogP contribution in [-0.2, 0) is 13.1 Å². The molecule has 5 heteroatoms. The van der Waals surface area contributed by atoms with Crippen LogP contribution in [0.4, 0.5) is 0 Å². The molecule has 0 saturated carbocycles. The van der Waals surface area contributed by atoms with Gasteiger partial charge in [0.15, 0.2) is 0 Å². The van der Waals surface area contributed by atoms with Crippen molar-refractivity contribution >= 4 is 11.3 Å². The van der Waals surface area contributed by atoms with Crippen molar-refractivity contribution in [2.45, 2.75) is 20.0 Å². The SMILES string of the molecule is Cc1ncc(Cn2cc(CN)cn2)s1. The van der Waals surface area contributed by atoms with E-state index in [0.717, 1.165) is 17.1 Å². The lowest BCUT2D eigenvalue weighted by Crippen LogP contribution is -1.98. The molecule has 0 aromatic carbocycles. The first-order chi connectivity index (χ1) is 6.78. The molecule has 2 aromatic heterocycles. The molecule has 14 heavy (non-hydrogen) atoms. The lowest BCUT2D eigenvalue weighted by atomic mass is 10.4. The van der Waals surface area contributed by atoms with Gasteiger partial charge in [-0.2, -0.15) is 5.10 Å². The maximum atomic E-state index is 5.50. The number of hydrogen-bond donors (Lipinski definition) is 1. The van der Waals surface area contributed by atoms with Gasteiger partial charge >= 0.3 is 0 Å². The predicted molar refractivity (Wildman–Crippen MR) is 56.1 cm³/mol. The summed E-state index contributed by atoms with van der Waals surface area (Å²) in [6.45, 7) is 3.33. The number of aryl methyl sites for hydroxylation is 1. The van der Waals surface area contributed by atoms with Crippen LogP contribution in [0.25, 0.3) is 0 Å². The molecule has 2 aromatic rings. The Labute approximate surface area is 86.4 Å². The summed E-state index contributed by atoms with van der Waals surface area (Å²) >= 11 is 1.70. The van der Waals surface area contributed by atoms with E-state index in [1.165, 1.54) is 4.88 Å². The Morgan fingerprint density at radius 1 is 1.50 bits per heavy atom. The highest BCUT2D eigenvalue weighted by atomic mass is 32.1. The number of nitrogens with two attached hydrogens (primary N) is 1. The maximum Gasteiger partial charge on any atom is 0.0897 e. The van der Waals surface area contributed by atoms with E-state index < -0.39 is 0 Å². The second kappa shape index (κ2) is 3.89. The number of aromatic nitrogens is 3. The number of rotatable bonds is 3. The van der Waals surface area contributed by atoms with Crippen molar-refractivity contribution in [1.29, 1.82) is 0 Å². The summed E-state index contributed by atoms with van der Waals surface area (Å²) in [6, 6.07) is 0. The van der Waals surface area contributed by atoms with Gasteiger partial charge in [0.2, 0.25) is 0 Å². The highest BCUT2D eigenvalue weighted by molar-refractivity contribution is 7.11. The summed E-state index contributed by atoms with van der Waals surface area (Å²) in [5.74, 6) is 0. The molecule has 0 amide bonds. The van der Waals surface area contributed by atoms with Gasteiger partial charge in [0, 0.05) is 29.4 Å². The van der Waals surface area contributed by atoms with Crippen LogP contribution in [0.5, 0.6) is 0 Å². The second-order valence-electron chi connectivity index (χ2n) is 3.10. The van der Waals surface area contributed by atoms with Crippen molar-refractivity contribution in [3.63, 3.8) is 0 Å². The molecular weight excluding hydrogens is 196 g/mol. The molecule has 0 bridgehead atoms. The standard InChI is InChI=1S/C9H12N4S/c1-7-11-4-9(14-7)6-13-5-8(2-10)3-12-13/h3-5H,2,6,10H2,1H3. The van der Waals surface area contributed by atoms with E-state index >= 15 is 0 Å². The van der Waals surface area contributed by atoms with Crippen molar-refractivity contribution in [1.82, 2.24) is 14.8 Å². The monoisotopic (exact) mass is 208 g/mol. The normalized spacial score (nSPS) is 10.7. The van der Waals surface area contributed by atoms with E-state index in [-0.39, 0.29) is 0 Å². The van der Waals surface area contributed by atoms with Crippen molar-refractivity contribution < 1.29 is 0 Å². The third-order valence-corrected chi connectivity index (χ3v) is 2.81.